The maximum atomic E-state index is 10.9. The second-order valence-corrected chi connectivity index (χ2v) is 5.24. The maximum Gasteiger partial charge on any atom is 0.335 e. The van der Waals surface area contributed by atoms with Crippen molar-refractivity contribution in [2.75, 3.05) is 0 Å². The van der Waals surface area contributed by atoms with E-state index in [9.17, 15) is 4.79 Å². The zero-order chi connectivity index (χ0) is 14.8. The van der Waals surface area contributed by atoms with Crippen molar-refractivity contribution in [1.29, 1.82) is 0 Å². The van der Waals surface area contributed by atoms with E-state index in [1.54, 1.807) is 12.3 Å². The Morgan fingerprint density at radius 1 is 1.10 bits per heavy atom. The molecule has 0 spiro atoms. The Labute approximate surface area is 129 Å². The second kappa shape index (κ2) is 5.54. The summed E-state index contributed by atoms with van der Waals surface area (Å²) in [4.78, 5) is 15.2. The molecule has 0 aliphatic carbocycles. The van der Waals surface area contributed by atoms with E-state index in [4.69, 9.17) is 9.84 Å². The molecule has 5 heteroatoms. The molecule has 2 aromatic carbocycles. The van der Waals surface area contributed by atoms with Crippen molar-refractivity contribution < 1.29 is 14.6 Å². The Balaban J connectivity index is 2.01. The number of nitrogens with zero attached hydrogens (tertiary/aromatic N) is 1. The molecule has 1 heterocycles. The van der Waals surface area contributed by atoms with Crippen LogP contribution >= 0.6 is 15.9 Å². The van der Waals surface area contributed by atoms with Crippen LogP contribution in [0.1, 0.15) is 10.4 Å². The third-order valence-corrected chi connectivity index (χ3v) is 3.61. The molecule has 0 aliphatic heterocycles. The largest absolute Gasteiger partial charge is 0.478 e. The minimum Gasteiger partial charge on any atom is -0.478 e. The van der Waals surface area contributed by atoms with Gasteiger partial charge >= 0.3 is 5.97 Å². The monoisotopic (exact) mass is 343 g/mol. The molecule has 0 radical (unpaired) electrons. The molecule has 1 aromatic heterocycles. The summed E-state index contributed by atoms with van der Waals surface area (Å²) in [5, 5.41) is 9.94. The molecule has 104 valence electrons. The first-order valence-electron chi connectivity index (χ1n) is 6.19. The molecule has 21 heavy (non-hydrogen) atoms. The Kier molecular flexibility index (Phi) is 3.58. The third-order valence-electron chi connectivity index (χ3n) is 2.99. The van der Waals surface area contributed by atoms with Crippen LogP contribution in [0.15, 0.2) is 59.2 Å². The molecular weight excluding hydrogens is 334 g/mol. The van der Waals surface area contributed by atoms with Gasteiger partial charge in [-0.05, 0) is 46.3 Å². The summed E-state index contributed by atoms with van der Waals surface area (Å²) in [6, 6.07) is 14.1. The molecule has 3 aromatic rings. The van der Waals surface area contributed by atoms with Crippen LogP contribution in [-0.2, 0) is 0 Å². The molecular formula is C16H10BrNO3. The molecule has 4 nitrogen and oxygen atoms in total. The second-order valence-electron chi connectivity index (χ2n) is 4.38. The number of para-hydroxylation sites is 1. The number of carboxylic acids is 1. The molecule has 0 amide bonds. The van der Waals surface area contributed by atoms with E-state index in [1.165, 1.54) is 12.1 Å². The fourth-order valence-corrected chi connectivity index (χ4v) is 2.45. The number of fused-ring (bicyclic) bond motifs is 1. The van der Waals surface area contributed by atoms with Gasteiger partial charge in [0.15, 0.2) is 5.75 Å². The van der Waals surface area contributed by atoms with Crippen LogP contribution in [-0.4, -0.2) is 16.1 Å². The maximum absolute atomic E-state index is 10.9. The van der Waals surface area contributed by atoms with Crippen molar-refractivity contribution >= 4 is 32.8 Å². The number of rotatable bonds is 3. The number of hydrogen-bond acceptors (Lipinski definition) is 3. The van der Waals surface area contributed by atoms with Crippen molar-refractivity contribution in [3.05, 3.63) is 64.8 Å². The Morgan fingerprint density at radius 3 is 2.67 bits per heavy atom. The van der Waals surface area contributed by atoms with E-state index in [0.717, 1.165) is 10.9 Å². The summed E-state index contributed by atoms with van der Waals surface area (Å²) in [6.45, 7) is 0. The van der Waals surface area contributed by atoms with Gasteiger partial charge in [0.2, 0.25) is 0 Å². The van der Waals surface area contributed by atoms with Crippen molar-refractivity contribution in [3.8, 4) is 11.5 Å². The number of pyridine rings is 1. The van der Waals surface area contributed by atoms with Gasteiger partial charge in [0.05, 0.1) is 10.0 Å². The summed E-state index contributed by atoms with van der Waals surface area (Å²) in [7, 11) is 0. The predicted molar refractivity (Wildman–Crippen MR) is 82.9 cm³/mol. The molecule has 1 N–H and O–H groups in total. The van der Waals surface area contributed by atoms with E-state index in [1.807, 2.05) is 30.3 Å². The molecule has 0 saturated heterocycles. The highest BCUT2D eigenvalue weighted by Gasteiger charge is 2.10. The molecule has 3 rings (SSSR count). The Hall–Kier alpha value is -2.40. The third kappa shape index (κ3) is 2.73. The number of aromatic carboxylic acids is 1. The summed E-state index contributed by atoms with van der Waals surface area (Å²) in [6.07, 6.45) is 1.71. The van der Waals surface area contributed by atoms with E-state index < -0.39 is 5.97 Å². The molecule has 0 saturated carbocycles. The van der Waals surface area contributed by atoms with Crippen molar-refractivity contribution in [2.24, 2.45) is 0 Å². The van der Waals surface area contributed by atoms with Crippen LogP contribution in [0.4, 0.5) is 0 Å². The number of halogens is 1. The lowest BCUT2D eigenvalue weighted by Gasteiger charge is -2.10. The highest BCUT2D eigenvalue weighted by molar-refractivity contribution is 9.10. The van der Waals surface area contributed by atoms with Gasteiger partial charge in [-0.15, -0.1) is 0 Å². The van der Waals surface area contributed by atoms with Crippen molar-refractivity contribution in [3.63, 3.8) is 0 Å². The summed E-state index contributed by atoms with van der Waals surface area (Å²) in [5.74, 6) is 0.184. The topological polar surface area (TPSA) is 59.4 Å². The molecule has 0 atom stereocenters. The number of carbonyl (C=O) groups is 1. The molecule has 0 aliphatic rings. The normalized spacial score (nSPS) is 10.5. The van der Waals surface area contributed by atoms with Crippen LogP contribution in [0.5, 0.6) is 11.5 Å². The van der Waals surface area contributed by atoms with Gasteiger partial charge in [-0.2, -0.15) is 0 Å². The van der Waals surface area contributed by atoms with Gasteiger partial charge in [-0.3, -0.25) is 4.98 Å². The van der Waals surface area contributed by atoms with Crippen LogP contribution in [0.3, 0.4) is 0 Å². The van der Waals surface area contributed by atoms with Gasteiger partial charge < -0.3 is 9.84 Å². The standard InChI is InChI=1S/C16H10BrNO3/c17-12-9-11(16(19)20)6-7-13(12)21-14-5-1-3-10-4-2-8-18-15(10)14/h1-9H,(H,19,20). The van der Waals surface area contributed by atoms with Crippen LogP contribution in [0.2, 0.25) is 0 Å². The SMILES string of the molecule is O=C(O)c1ccc(Oc2cccc3cccnc23)c(Br)c1. The van der Waals surface area contributed by atoms with E-state index in [-0.39, 0.29) is 5.56 Å². The van der Waals surface area contributed by atoms with E-state index in [2.05, 4.69) is 20.9 Å². The van der Waals surface area contributed by atoms with Gasteiger partial charge in [-0.1, -0.05) is 18.2 Å². The summed E-state index contributed by atoms with van der Waals surface area (Å²) >= 11 is 3.33. The molecule has 0 bridgehead atoms. The lowest BCUT2D eigenvalue weighted by atomic mass is 10.2. The van der Waals surface area contributed by atoms with Gasteiger partial charge in [0.25, 0.3) is 0 Å². The number of hydrogen-bond donors (Lipinski definition) is 1. The first kappa shape index (κ1) is 13.6. The Morgan fingerprint density at radius 2 is 1.90 bits per heavy atom. The van der Waals surface area contributed by atoms with E-state index in [0.29, 0.717) is 16.0 Å². The quantitative estimate of drug-likeness (QED) is 0.761. The zero-order valence-corrected chi connectivity index (χ0v) is 12.4. The minimum atomic E-state index is -0.978. The van der Waals surface area contributed by atoms with Crippen molar-refractivity contribution in [1.82, 2.24) is 4.98 Å². The fraction of sp³-hybridized carbons (Fsp3) is 0. The first-order valence-corrected chi connectivity index (χ1v) is 6.99. The average molecular weight is 344 g/mol. The summed E-state index contributed by atoms with van der Waals surface area (Å²) < 4.78 is 6.43. The fourth-order valence-electron chi connectivity index (χ4n) is 1.99. The first-order chi connectivity index (χ1) is 10.1. The van der Waals surface area contributed by atoms with Gasteiger partial charge in [0, 0.05) is 11.6 Å². The summed E-state index contributed by atoms with van der Waals surface area (Å²) in [5.41, 5.74) is 0.958. The minimum absolute atomic E-state index is 0.199. The molecule has 0 fully saturated rings. The Bertz CT molecular complexity index is 827. The van der Waals surface area contributed by atoms with Gasteiger partial charge in [-0.25, -0.2) is 4.79 Å². The average Bonchev–Trinajstić information content (AvgIpc) is 2.49. The lowest BCUT2D eigenvalue weighted by Crippen LogP contribution is -1.96. The smallest absolute Gasteiger partial charge is 0.335 e. The number of aromatic nitrogens is 1. The highest BCUT2D eigenvalue weighted by atomic mass is 79.9. The van der Waals surface area contributed by atoms with Crippen molar-refractivity contribution in [2.45, 2.75) is 0 Å². The predicted octanol–water partition coefficient (Wildman–Crippen LogP) is 4.49. The van der Waals surface area contributed by atoms with Crippen LogP contribution < -0.4 is 4.74 Å². The zero-order valence-electron chi connectivity index (χ0n) is 10.8. The lowest BCUT2D eigenvalue weighted by molar-refractivity contribution is 0.0697. The van der Waals surface area contributed by atoms with Gasteiger partial charge in [0.1, 0.15) is 11.3 Å². The van der Waals surface area contributed by atoms with E-state index >= 15 is 0 Å². The van der Waals surface area contributed by atoms with Crippen LogP contribution in [0, 0.1) is 0 Å². The number of carboxylic acid groups (broad SMARTS) is 1. The highest BCUT2D eigenvalue weighted by Crippen LogP contribution is 2.33. The van der Waals surface area contributed by atoms with Crippen LogP contribution in [0.25, 0.3) is 10.9 Å². The number of ether oxygens (including phenoxy) is 1. The number of benzene rings is 2. The molecule has 0 unspecified atom stereocenters.